The molecule has 1 aliphatic rings. The number of halogens is 1. The fraction of sp³-hybridized carbons (Fsp3) is 0.200. The van der Waals surface area contributed by atoms with Crippen molar-refractivity contribution in [1.29, 1.82) is 0 Å². The summed E-state index contributed by atoms with van der Waals surface area (Å²) in [5.41, 5.74) is 9.62. The lowest BCUT2D eigenvalue weighted by molar-refractivity contribution is 0.991. The Morgan fingerprint density at radius 1 is 0.882 bits per heavy atom. The summed E-state index contributed by atoms with van der Waals surface area (Å²) in [6.07, 6.45) is 1.13. The number of nitrogens with two attached hydrogens (primary N) is 1. The van der Waals surface area contributed by atoms with Crippen LogP contribution in [0.1, 0.15) is 17.9 Å². The quantitative estimate of drug-likeness (QED) is 0.853. The van der Waals surface area contributed by atoms with E-state index in [-0.39, 0.29) is 0 Å². The standard InChI is InChI=1S/C15H14ClN/c16-13-7-5-11(6-8-13)10-1-3-12(4-2-10)14-9-15(14)17/h1-8,14-15H,9,17H2/t14-,15+/m1/s1. The number of hydrogen-bond acceptors (Lipinski definition) is 1. The highest BCUT2D eigenvalue weighted by Gasteiger charge is 2.34. The van der Waals surface area contributed by atoms with Crippen LogP contribution in [-0.4, -0.2) is 6.04 Å². The van der Waals surface area contributed by atoms with E-state index in [4.69, 9.17) is 17.3 Å². The van der Waals surface area contributed by atoms with E-state index in [9.17, 15) is 0 Å². The molecule has 0 unspecified atom stereocenters. The van der Waals surface area contributed by atoms with Crippen LogP contribution in [0.3, 0.4) is 0 Å². The van der Waals surface area contributed by atoms with Crippen molar-refractivity contribution in [2.75, 3.05) is 0 Å². The molecule has 0 saturated heterocycles. The van der Waals surface area contributed by atoms with Crippen LogP contribution < -0.4 is 5.73 Å². The molecule has 0 heterocycles. The first-order chi connectivity index (χ1) is 8.24. The molecular formula is C15H14ClN. The van der Waals surface area contributed by atoms with Crippen molar-refractivity contribution >= 4 is 11.6 Å². The average Bonchev–Trinajstić information content (AvgIpc) is 3.08. The Balaban J connectivity index is 1.86. The molecule has 0 spiro atoms. The zero-order valence-electron chi connectivity index (χ0n) is 9.44. The third-order valence-corrected chi connectivity index (χ3v) is 3.61. The second-order valence-corrected chi connectivity index (χ2v) is 5.07. The van der Waals surface area contributed by atoms with Gasteiger partial charge in [-0.25, -0.2) is 0 Å². The minimum Gasteiger partial charge on any atom is -0.327 e. The van der Waals surface area contributed by atoms with E-state index in [1.54, 1.807) is 0 Å². The van der Waals surface area contributed by atoms with Crippen LogP contribution in [0.15, 0.2) is 48.5 Å². The first-order valence-corrected chi connectivity index (χ1v) is 6.23. The van der Waals surface area contributed by atoms with E-state index in [0.717, 1.165) is 11.4 Å². The molecule has 2 atom stereocenters. The van der Waals surface area contributed by atoms with E-state index < -0.39 is 0 Å². The lowest BCUT2D eigenvalue weighted by atomic mass is 10.0. The lowest BCUT2D eigenvalue weighted by Crippen LogP contribution is -2.00. The molecule has 17 heavy (non-hydrogen) atoms. The summed E-state index contributed by atoms with van der Waals surface area (Å²) in [5, 5.41) is 0.773. The van der Waals surface area contributed by atoms with Gasteiger partial charge in [-0.15, -0.1) is 0 Å². The van der Waals surface area contributed by atoms with E-state index in [0.29, 0.717) is 12.0 Å². The molecule has 1 aliphatic carbocycles. The monoisotopic (exact) mass is 243 g/mol. The van der Waals surface area contributed by atoms with Gasteiger partial charge >= 0.3 is 0 Å². The zero-order chi connectivity index (χ0) is 11.8. The van der Waals surface area contributed by atoms with Crippen LogP contribution >= 0.6 is 11.6 Å². The summed E-state index contributed by atoms with van der Waals surface area (Å²) in [4.78, 5) is 0. The molecule has 1 saturated carbocycles. The minimum absolute atomic E-state index is 0.372. The topological polar surface area (TPSA) is 26.0 Å². The fourth-order valence-electron chi connectivity index (χ4n) is 2.16. The van der Waals surface area contributed by atoms with Crippen LogP contribution in [0.2, 0.25) is 5.02 Å². The molecule has 0 bridgehead atoms. The van der Waals surface area contributed by atoms with E-state index in [1.807, 2.05) is 24.3 Å². The van der Waals surface area contributed by atoms with Crippen LogP contribution in [0.4, 0.5) is 0 Å². The van der Waals surface area contributed by atoms with Crippen molar-refractivity contribution < 1.29 is 0 Å². The molecule has 2 heteroatoms. The number of hydrogen-bond donors (Lipinski definition) is 1. The molecule has 2 N–H and O–H groups in total. The fourth-order valence-corrected chi connectivity index (χ4v) is 2.29. The average molecular weight is 244 g/mol. The third kappa shape index (κ3) is 2.21. The molecule has 0 aromatic heterocycles. The summed E-state index contributed by atoms with van der Waals surface area (Å²) in [6.45, 7) is 0. The Kier molecular flexibility index (Phi) is 2.65. The van der Waals surface area contributed by atoms with Gasteiger partial charge in [0.15, 0.2) is 0 Å². The molecule has 1 fully saturated rings. The highest BCUT2D eigenvalue weighted by atomic mass is 35.5. The molecule has 2 aromatic rings. The van der Waals surface area contributed by atoms with Gasteiger partial charge in [-0.1, -0.05) is 48.0 Å². The normalized spacial score (nSPS) is 22.5. The second-order valence-electron chi connectivity index (χ2n) is 4.63. The third-order valence-electron chi connectivity index (χ3n) is 3.36. The SMILES string of the molecule is N[C@H]1C[C@@H]1c1ccc(-c2ccc(Cl)cc2)cc1. The summed E-state index contributed by atoms with van der Waals surface area (Å²) >= 11 is 5.88. The van der Waals surface area contributed by atoms with Gasteiger partial charge in [-0.3, -0.25) is 0 Å². The van der Waals surface area contributed by atoms with Crippen LogP contribution in [0.25, 0.3) is 11.1 Å². The first-order valence-electron chi connectivity index (χ1n) is 5.85. The van der Waals surface area contributed by atoms with Crippen molar-refractivity contribution in [1.82, 2.24) is 0 Å². The summed E-state index contributed by atoms with van der Waals surface area (Å²) in [6, 6.07) is 17.0. The van der Waals surface area contributed by atoms with E-state index in [1.165, 1.54) is 16.7 Å². The summed E-state index contributed by atoms with van der Waals surface area (Å²) in [5.74, 6) is 0.578. The van der Waals surface area contributed by atoms with Crippen molar-refractivity contribution in [2.45, 2.75) is 18.4 Å². The Morgan fingerprint density at radius 2 is 1.35 bits per heavy atom. The van der Waals surface area contributed by atoms with E-state index in [2.05, 4.69) is 24.3 Å². The molecule has 0 amide bonds. The molecule has 0 radical (unpaired) electrons. The van der Waals surface area contributed by atoms with Crippen LogP contribution in [0, 0.1) is 0 Å². The maximum atomic E-state index is 5.88. The summed E-state index contributed by atoms with van der Waals surface area (Å²) < 4.78 is 0. The minimum atomic E-state index is 0.372. The molecule has 86 valence electrons. The molecular weight excluding hydrogens is 230 g/mol. The Labute approximate surface area is 106 Å². The van der Waals surface area contributed by atoms with Gasteiger partial charge in [0, 0.05) is 17.0 Å². The van der Waals surface area contributed by atoms with Crippen LogP contribution in [-0.2, 0) is 0 Å². The van der Waals surface area contributed by atoms with Gasteiger partial charge in [0.25, 0.3) is 0 Å². The first kappa shape index (κ1) is 10.8. The van der Waals surface area contributed by atoms with Gasteiger partial charge < -0.3 is 5.73 Å². The highest BCUT2D eigenvalue weighted by molar-refractivity contribution is 6.30. The van der Waals surface area contributed by atoms with E-state index >= 15 is 0 Å². The molecule has 3 rings (SSSR count). The van der Waals surface area contributed by atoms with Gasteiger partial charge in [0.2, 0.25) is 0 Å². The Hall–Kier alpha value is -1.31. The van der Waals surface area contributed by atoms with Crippen LogP contribution in [0.5, 0.6) is 0 Å². The number of rotatable bonds is 2. The zero-order valence-corrected chi connectivity index (χ0v) is 10.2. The largest absolute Gasteiger partial charge is 0.327 e. The van der Waals surface area contributed by atoms with Gasteiger partial charge in [0.05, 0.1) is 0 Å². The van der Waals surface area contributed by atoms with Crippen molar-refractivity contribution in [3.63, 3.8) is 0 Å². The smallest absolute Gasteiger partial charge is 0.0406 e. The van der Waals surface area contributed by atoms with Gasteiger partial charge in [-0.05, 0) is 35.2 Å². The Bertz CT molecular complexity index is 516. The van der Waals surface area contributed by atoms with Crippen molar-refractivity contribution in [3.05, 3.63) is 59.1 Å². The predicted octanol–water partition coefficient (Wildman–Crippen LogP) is 3.82. The number of benzene rings is 2. The molecule has 0 aliphatic heterocycles. The van der Waals surface area contributed by atoms with Gasteiger partial charge in [-0.2, -0.15) is 0 Å². The van der Waals surface area contributed by atoms with Crippen molar-refractivity contribution in [3.8, 4) is 11.1 Å². The maximum Gasteiger partial charge on any atom is 0.0406 e. The summed E-state index contributed by atoms with van der Waals surface area (Å²) in [7, 11) is 0. The molecule has 2 aromatic carbocycles. The van der Waals surface area contributed by atoms with Crippen molar-refractivity contribution in [2.24, 2.45) is 5.73 Å². The predicted molar refractivity (Wildman–Crippen MR) is 72.2 cm³/mol. The molecule has 1 nitrogen and oxygen atoms in total. The van der Waals surface area contributed by atoms with Gasteiger partial charge in [0.1, 0.15) is 0 Å². The second kappa shape index (κ2) is 4.17. The Morgan fingerprint density at radius 3 is 1.82 bits per heavy atom. The lowest BCUT2D eigenvalue weighted by Gasteiger charge is -2.04. The maximum absolute atomic E-state index is 5.88. The highest BCUT2D eigenvalue weighted by Crippen LogP contribution is 2.39.